The quantitative estimate of drug-likeness (QED) is 0.247. The number of imide groups is 1. The number of hydrogen-bond donors (Lipinski definition) is 0. The molecule has 0 aromatic carbocycles. The van der Waals surface area contributed by atoms with E-state index in [4.69, 9.17) is 23.7 Å². The molecule has 0 N–H and O–H groups in total. The van der Waals surface area contributed by atoms with Crippen molar-refractivity contribution < 1.29 is 42.9 Å². The molecular weight excluding hydrogens is 406 g/mol. The van der Waals surface area contributed by atoms with Gasteiger partial charge in [-0.2, -0.15) is 0 Å². The third-order valence-electron chi connectivity index (χ3n) is 3.66. The van der Waals surface area contributed by atoms with Gasteiger partial charge in [-0.3, -0.25) is 14.4 Å². The second-order valence-electron chi connectivity index (χ2n) is 5.88. The summed E-state index contributed by atoms with van der Waals surface area (Å²) in [7, 11) is 0. The topological polar surface area (TPSA) is 110 Å². The van der Waals surface area contributed by atoms with E-state index in [1.807, 2.05) is 17.7 Å². The van der Waals surface area contributed by atoms with E-state index in [1.165, 1.54) is 0 Å². The van der Waals surface area contributed by atoms with E-state index in [0.717, 1.165) is 11.3 Å². The maximum Gasteiger partial charge on any atom is 0.534 e. The van der Waals surface area contributed by atoms with Gasteiger partial charge in [0.15, 0.2) is 0 Å². The van der Waals surface area contributed by atoms with Gasteiger partial charge >= 0.3 is 6.16 Å². The second-order valence-corrected chi connectivity index (χ2v) is 6.62. The van der Waals surface area contributed by atoms with Crippen molar-refractivity contribution in [2.45, 2.75) is 19.8 Å². The molecule has 1 aliphatic rings. The molecule has 29 heavy (non-hydrogen) atoms. The Bertz CT molecular complexity index is 648. The summed E-state index contributed by atoms with van der Waals surface area (Å²) >= 11 is 1.60. The number of carbonyl (C=O) groups is 3. The lowest BCUT2D eigenvalue weighted by molar-refractivity contribution is -0.177. The lowest BCUT2D eigenvalue weighted by Gasteiger charge is -2.12. The van der Waals surface area contributed by atoms with E-state index in [0.29, 0.717) is 44.7 Å². The molecule has 0 saturated carbocycles. The number of hydrogen-bond acceptors (Lipinski definition) is 10. The molecule has 1 aromatic rings. The van der Waals surface area contributed by atoms with Crippen molar-refractivity contribution in [2.75, 3.05) is 52.9 Å². The van der Waals surface area contributed by atoms with Crippen LogP contribution in [0, 0.1) is 6.92 Å². The normalized spacial score (nSPS) is 13.8. The molecule has 162 valence electrons. The number of amides is 2. The van der Waals surface area contributed by atoms with E-state index in [-0.39, 0.29) is 26.1 Å². The highest BCUT2D eigenvalue weighted by atomic mass is 32.1. The van der Waals surface area contributed by atoms with Gasteiger partial charge in [-0.15, -0.1) is 11.3 Å². The van der Waals surface area contributed by atoms with Crippen LogP contribution in [0.25, 0.3) is 0 Å². The summed E-state index contributed by atoms with van der Waals surface area (Å²) in [5.74, 6) is -0.230. The Labute approximate surface area is 172 Å². The lowest BCUT2D eigenvalue weighted by atomic mass is 10.4. The average molecular weight is 431 g/mol. The maximum absolute atomic E-state index is 11.4. The molecule has 0 aliphatic carbocycles. The molecule has 2 amide bonds. The minimum absolute atomic E-state index is 0.0306. The first-order valence-electron chi connectivity index (χ1n) is 9.17. The van der Waals surface area contributed by atoms with Crippen molar-refractivity contribution in [3.05, 3.63) is 16.3 Å². The summed E-state index contributed by atoms with van der Waals surface area (Å²) < 4.78 is 26.3. The highest BCUT2D eigenvalue weighted by Crippen LogP contribution is 2.21. The van der Waals surface area contributed by atoms with Gasteiger partial charge in [0.25, 0.3) is 11.8 Å². The molecule has 10 nitrogen and oxygen atoms in total. The van der Waals surface area contributed by atoms with Crippen LogP contribution in [0.2, 0.25) is 0 Å². The standard InChI is InChI=1S/C18H25NO9S/c1-14-12-29-13-15(14)26-10-8-24-6-4-23-5-7-25-9-11-27-18(22)28-19-16(20)2-3-17(19)21/h12-13H,2-11H2,1H3. The third kappa shape index (κ3) is 8.77. The van der Waals surface area contributed by atoms with Gasteiger partial charge in [-0.1, -0.05) is 5.06 Å². The zero-order chi connectivity index (χ0) is 20.9. The van der Waals surface area contributed by atoms with Crippen LogP contribution >= 0.6 is 11.3 Å². The van der Waals surface area contributed by atoms with Crippen LogP contribution in [0.4, 0.5) is 4.79 Å². The van der Waals surface area contributed by atoms with Crippen molar-refractivity contribution >= 4 is 29.3 Å². The zero-order valence-corrected chi connectivity index (χ0v) is 17.1. The summed E-state index contributed by atoms with van der Waals surface area (Å²) in [6.07, 6.45) is -1.06. The minimum atomic E-state index is -1.12. The first-order chi connectivity index (χ1) is 14.1. The number of ether oxygens (including phenoxy) is 5. The molecule has 0 radical (unpaired) electrons. The van der Waals surface area contributed by atoms with Crippen LogP contribution in [0.15, 0.2) is 10.8 Å². The highest BCUT2D eigenvalue weighted by molar-refractivity contribution is 7.08. The smallest absolute Gasteiger partial charge is 0.490 e. The monoisotopic (exact) mass is 431 g/mol. The molecule has 1 aliphatic heterocycles. The Morgan fingerprint density at radius 3 is 2.00 bits per heavy atom. The summed E-state index contributed by atoms with van der Waals surface area (Å²) in [6.45, 7) is 4.62. The van der Waals surface area contributed by atoms with E-state index in [2.05, 4.69) is 4.84 Å². The van der Waals surface area contributed by atoms with Gasteiger partial charge in [0, 0.05) is 23.8 Å². The lowest BCUT2D eigenvalue weighted by Crippen LogP contribution is -2.32. The molecule has 1 fully saturated rings. The molecule has 1 aromatic heterocycles. The van der Waals surface area contributed by atoms with Crippen molar-refractivity contribution in [3.8, 4) is 5.75 Å². The van der Waals surface area contributed by atoms with Gasteiger partial charge in [0.2, 0.25) is 0 Å². The first kappa shape index (κ1) is 23.1. The molecule has 1 saturated heterocycles. The molecule has 0 unspecified atom stereocenters. The largest absolute Gasteiger partial charge is 0.534 e. The predicted molar refractivity (Wildman–Crippen MR) is 101 cm³/mol. The molecule has 2 heterocycles. The minimum Gasteiger partial charge on any atom is -0.490 e. The number of carbonyl (C=O) groups excluding carboxylic acids is 3. The summed E-state index contributed by atoms with van der Waals surface area (Å²) in [5.41, 5.74) is 1.12. The summed E-state index contributed by atoms with van der Waals surface area (Å²) in [5, 5.41) is 4.42. The number of thiophene rings is 1. The maximum atomic E-state index is 11.4. The summed E-state index contributed by atoms with van der Waals surface area (Å²) in [4.78, 5) is 38.4. The Kier molecular flexibility index (Phi) is 10.4. The van der Waals surface area contributed by atoms with Gasteiger partial charge in [0.1, 0.15) is 19.0 Å². The third-order valence-corrected chi connectivity index (χ3v) is 4.50. The van der Waals surface area contributed by atoms with Crippen LogP contribution in [0.5, 0.6) is 5.75 Å². The van der Waals surface area contributed by atoms with E-state index in [9.17, 15) is 14.4 Å². The van der Waals surface area contributed by atoms with Crippen molar-refractivity contribution in [1.82, 2.24) is 5.06 Å². The molecule has 0 atom stereocenters. The van der Waals surface area contributed by atoms with Gasteiger partial charge in [-0.05, 0) is 12.3 Å². The van der Waals surface area contributed by atoms with Crippen LogP contribution in [-0.2, 0) is 33.4 Å². The fourth-order valence-electron chi connectivity index (χ4n) is 2.19. The van der Waals surface area contributed by atoms with Gasteiger partial charge < -0.3 is 23.7 Å². The van der Waals surface area contributed by atoms with Crippen molar-refractivity contribution in [2.24, 2.45) is 0 Å². The Morgan fingerprint density at radius 1 is 0.897 bits per heavy atom. The number of nitrogens with zero attached hydrogens (tertiary/aromatic N) is 1. The fraction of sp³-hybridized carbons (Fsp3) is 0.611. The van der Waals surface area contributed by atoms with Crippen LogP contribution in [-0.4, -0.2) is 75.9 Å². The Hall–Kier alpha value is -2.21. The van der Waals surface area contributed by atoms with E-state index < -0.39 is 18.0 Å². The molecule has 2 rings (SSSR count). The second kappa shape index (κ2) is 13.1. The number of rotatable bonds is 14. The van der Waals surface area contributed by atoms with Gasteiger partial charge in [-0.25, -0.2) is 4.79 Å². The highest BCUT2D eigenvalue weighted by Gasteiger charge is 2.33. The van der Waals surface area contributed by atoms with Crippen molar-refractivity contribution in [3.63, 3.8) is 0 Å². The Balaban J connectivity index is 1.33. The molecule has 0 spiro atoms. The van der Waals surface area contributed by atoms with E-state index in [1.54, 1.807) is 11.3 Å². The molecular formula is C18H25NO9S. The predicted octanol–water partition coefficient (Wildman–Crippen LogP) is 1.70. The number of aryl methyl sites for hydroxylation is 1. The van der Waals surface area contributed by atoms with Crippen molar-refractivity contribution in [1.29, 1.82) is 0 Å². The van der Waals surface area contributed by atoms with Crippen LogP contribution < -0.4 is 4.74 Å². The van der Waals surface area contributed by atoms with Gasteiger partial charge in [0.05, 0.1) is 39.6 Å². The first-order valence-corrected chi connectivity index (χ1v) is 10.1. The van der Waals surface area contributed by atoms with Crippen LogP contribution in [0.3, 0.4) is 0 Å². The summed E-state index contributed by atoms with van der Waals surface area (Å²) in [6, 6.07) is 0. The zero-order valence-electron chi connectivity index (χ0n) is 16.3. The SMILES string of the molecule is Cc1cscc1OCCOCCOCCOCCOC(=O)ON1C(=O)CCC1=O. The Morgan fingerprint density at radius 2 is 1.45 bits per heavy atom. The molecule has 0 bridgehead atoms. The van der Waals surface area contributed by atoms with E-state index >= 15 is 0 Å². The number of hydroxylamine groups is 2. The average Bonchev–Trinajstić information content (AvgIpc) is 3.25. The van der Waals surface area contributed by atoms with Crippen LogP contribution in [0.1, 0.15) is 18.4 Å². The molecule has 11 heteroatoms. The fourth-order valence-corrected chi connectivity index (χ4v) is 2.96.